The molecule has 1 aliphatic heterocycles. The van der Waals surface area contributed by atoms with E-state index in [9.17, 15) is 9.59 Å². The lowest BCUT2D eigenvalue weighted by Crippen LogP contribution is -2.51. The number of tetrazole rings is 1. The van der Waals surface area contributed by atoms with Crippen LogP contribution in [0.5, 0.6) is 0 Å². The number of carbonyl (C=O) groups excluding carboxylic acids is 2. The zero-order chi connectivity index (χ0) is 20.1. The number of piperazine rings is 1. The molecule has 1 fully saturated rings. The Balaban J connectivity index is 1.56. The summed E-state index contributed by atoms with van der Waals surface area (Å²) in [6.07, 6.45) is -0.323. The normalized spacial score (nSPS) is 14.2. The number of benzene rings is 1. The minimum atomic E-state index is -0.323. The summed E-state index contributed by atoms with van der Waals surface area (Å²) in [6, 6.07) is 6.09. The van der Waals surface area contributed by atoms with Gasteiger partial charge in [-0.3, -0.25) is 4.79 Å². The maximum Gasteiger partial charge on any atom is 0.409 e. The van der Waals surface area contributed by atoms with E-state index in [1.165, 1.54) is 11.8 Å². The van der Waals surface area contributed by atoms with Gasteiger partial charge in [0.25, 0.3) is 0 Å². The van der Waals surface area contributed by atoms with Crippen LogP contribution >= 0.6 is 11.8 Å². The molecule has 1 aliphatic rings. The van der Waals surface area contributed by atoms with E-state index in [1.54, 1.807) is 21.4 Å². The number of thioether (sulfide) groups is 1. The molecule has 0 saturated carbocycles. The number of hydrogen-bond donors (Lipinski definition) is 0. The molecule has 2 heterocycles. The summed E-state index contributed by atoms with van der Waals surface area (Å²) < 4.78 is 6.65. The van der Waals surface area contributed by atoms with E-state index in [0.717, 1.165) is 16.8 Å². The van der Waals surface area contributed by atoms with Gasteiger partial charge >= 0.3 is 6.09 Å². The largest absolute Gasteiger partial charge is 0.450 e. The van der Waals surface area contributed by atoms with Crippen LogP contribution in [0.4, 0.5) is 4.79 Å². The van der Waals surface area contributed by atoms with Gasteiger partial charge < -0.3 is 14.5 Å². The lowest BCUT2D eigenvalue weighted by atomic mass is 10.1. The van der Waals surface area contributed by atoms with Crippen LogP contribution in [-0.4, -0.2) is 80.5 Å². The minimum Gasteiger partial charge on any atom is -0.450 e. The van der Waals surface area contributed by atoms with Crippen molar-refractivity contribution in [2.75, 3.05) is 38.5 Å². The van der Waals surface area contributed by atoms with Gasteiger partial charge in [0, 0.05) is 26.2 Å². The molecular weight excluding hydrogens is 380 g/mol. The Hall–Kier alpha value is -2.62. The molecule has 1 aromatic heterocycles. The highest BCUT2D eigenvalue weighted by molar-refractivity contribution is 7.99. The highest BCUT2D eigenvalue weighted by Crippen LogP contribution is 2.20. The molecule has 0 aliphatic carbocycles. The van der Waals surface area contributed by atoms with Gasteiger partial charge in [0.2, 0.25) is 11.1 Å². The van der Waals surface area contributed by atoms with Gasteiger partial charge in [-0.25, -0.2) is 4.79 Å². The second-order valence-electron chi connectivity index (χ2n) is 6.57. The third-order valence-electron chi connectivity index (χ3n) is 4.38. The zero-order valence-corrected chi connectivity index (χ0v) is 17.1. The Morgan fingerprint density at radius 3 is 2.36 bits per heavy atom. The molecule has 2 aromatic rings. The summed E-state index contributed by atoms with van der Waals surface area (Å²) >= 11 is 1.31. The Bertz CT molecular complexity index is 827. The van der Waals surface area contributed by atoms with Crippen molar-refractivity contribution in [1.29, 1.82) is 0 Å². The fourth-order valence-electron chi connectivity index (χ4n) is 3.07. The van der Waals surface area contributed by atoms with E-state index in [-0.39, 0.29) is 17.8 Å². The second-order valence-corrected chi connectivity index (χ2v) is 7.52. The van der Waals surface area contributed by atoms with Gasteiger partial charge in [-0.2, -0.15) is 4.68 Å². The summed E-state index contributed by atoms with van der Waals surface area (Å²) in [5.74, 6) is 0.244. The van der Waals surface area contributed by atoms with E-state index in [2.05, 4.69) is 21.6 Å². The Morgan fingerprint density at radius 1 is 1.07 bits per heavy atom. The van der Waals surface area contributed by atoms with Crippen LogP contribution in [0.25, 0.3) is 5.69 Å². The first kappa shape index (κ1) is 20.1. The molecule has 0 N–H and O–H groups in total. The Morgan fingerprint density at radius 2 is 1.71 bits per heavy atom. The van der Waals surface area contributed by atoms with E-state index >= 15 is 0 Å². The van der Waals surface area contributed by atoms with Gasteiger partial charge in [0.15, 0.2) is 0 Å². The Kier molecular flexibility index (Phi) is 6.50. The lowest BCUT2D eigenvalue weighted by molar-refractivity contribution is -0.129. The maximum atomic E-state index is 12.5. The lowest BCUT2D eigenvalue weighted by Gasteiger charge is -2.34. The van der Waals surface area contributed by atoms with Crippen molar-refractivity contribution in [1.82, 2.24) is 30.0 Å². The number of aromatic nitrogens is 4. The number of nitrogens with zero attached hydrogens (tertiary/aromatic N) is 6. The number of rotatable bonds is 5. The molecule has 0 atom stereocenters. The first-order chi connectivity index (χ1) is 13.5. The summed E-state index contributed by atoms with van der Waals surface area (Å²) in [4.78, 5) is 27.7. The van der Waals surface area contributed by atoms with Crippen LogP contribution in [0.1, 0.15) is 18.1 Å². The highest BCUT2D eigenvalue weighted by atomic mass is 32.2. The number of hydrogen-bond acceptors (Lipinski definition) is 7. The minimum absolute atomic E-state index is 0.00322. The molecule has 3 rings (SSSR count). The second kappa shape index (κ2) is 9.05. The molecule has 1 aromatic carbocycles. The number of ether oxygens (including phenoxy) is 1. The molecule has 28 heavy (non-hydrogen) atoms. The average Bonchev–Trinajstić information content (AvgIpc) is 3.14. The van der Waals surface area contributed by atoms with Gasteiger partial charge in [-0.05, 0) is 54.5 Å². The van der Waals surface area contributed by atoms with Crippen LogP contribution in [0, 0.1) is 13.8 Å². The van der Waals surface area contributed by atoms with Crippen molar-refractivity contribution >= 4 is 23.8 Å². The predicted molar refractivity (Wildman–Crippen MR) is 105 cm³/mol. The highest BCUT2D eigenvalue weighted by Gasteiger charge is 2.25. The van der Waals surface area contributed by atoms with Gasteiger partial charge in [0.05, 0.1) is 18.0 Å². The molecular formula is C18H24N6O3S. The molecule has 0 bridgehead atoms. The summed E-state index contributed by atoms with van der Waals surface area (Å²) in [5, 5.41) is 12.4. The van der Waals surface area contributed by atoms with Gasteiger partial charge in [-0.15, -0.1) is 5.10 Å². The SMILES string of the molecule is CCOC(=O)N1CCN(C(=O)CSc2nnnn2-c2cc(C)cc(C)c2)CC1. The first-order valence-electron chi connectivity index (χ1n) is 9.17. The predicted octanol–water partition coefficient (Wildman–Crippen LogP) is 1.67. The van der Waals surface area contributed by atoms with Gasteiger partial charge in [-0.1, -0.05) is 17.8 Å². The molecule has 0 radical (unpaired) electrons. The summed E-state index contributed by atoms with van der Waals surface area (Å²) in [7, 11) is 0. The van der Waals surface area contributed by atoms with Crippen LogP contribution in [0.15, 0.2) is 23.4 Å². The molecule has 0 unspecified atom stereocenters. The van der Waals surface area contributed by atoms with E-state index in [1.807, 2.05) is 26.0 Å². The fraction of sp³-hybridized carbons (Fsp3) is 0.500. The molecule has 0 spiro atoms. The standard InChI is InChI=1S/C18H24N6O3S/c1-4-27-18(26)23-7-5-22(6-8-23)16(25)12-28-17-19-20-21-24(17)15-10-13(2)9-14(3)11-15/h9-11H,4-8,12H2,1-3H3. The van der Waals surface area contributed by atoms with Crippen molar-refractivity contribution in [2.45, 2.75) is 25.9 Å². The van der Waals surface area contributed by atoms with Gasteiger partial charge in [0.1, 0.15) is 0 Å². The molecule has 10 heteroatoms. The fourth-order valence-corrected chi connectivity index (χ4v) is 3.87. The molecule has 9 nitrogen and oxygen atoms in total. The smallest absolute Gasteiger partial charge is 0.409 e. The first-order valence-corrected chi connectivity index (χ1v) is 10.2. The molecule has 1 saturated heterocycles. The number of amides is 2. The zero-order valence-electron chi connectivity index (χ0n) is 16.3. The van der Waals surface area contributed by atoms with Crippen LogP contribution in [0.2, 0.25) is 0 Å². The third kappa shape index (κ3) is 4.80. The summed E-state index contributed by atoms with van der Waals surface area (Å²) in [5.41, 5.74) is 3.12. The Labute approximate surface area is 168 Å². The van der Waals surface area contributed by atoms with Crippen molar-refractivity contribution in [2.24, 2.45) is 0 Å². The van der Waals surface area contributed by atoms with E-state index < -0.39 is 0 Å². The van der Waals surface area contributed by atoms with E-state index in [4.69, 9.17) is 4.74 Å². The van der Waals surface area contributed by atoms with Crippen LogP contribution < -0.4 is 0 Å². The van der Waals surface area contributed by atoms with Crippen molar-refractivity contribution in [3.8, 4) is 5.69 Å². The van der Waals surface area contributed by atoms with Crippen LogP contribution in [-0.2, 0) is 9.53 Å². The van der Waals surface area contributed by atoms with Crippen LogP contribution in [0.3, 0.4) is 0 Å². The molecule has 150 valence electrons. The third-order valence-corrected chi connectivity index (χ3v) is 5.28. The van der Waals surface area contributed by atoms with Crippen molar-refractivity contribution < 1.29 is 14.3 Å². The molecule has 2 amide bonds. The van der Waals surface area contributed by atoms with Crippen molar-refractivity contribution in [3.05, 3.63) is 29.3 Å². The van der Waals surface area contributed by atoms with Crippen molar-refractivity contribution in [3.63, 3.8) is 0 Å². The average molecular weight is 404 g/mol. The number of carbonyl (C=O) groups is 2. The van der Waals surface area contributed by atoms with E-state index in [0.29, 0.717) is 37.9 Å². The topological polar surface area (TPSA) is 93.4 Å². The number of aryl methyl sites for hydroxylation is 2. The maximum absolute atomic E-state index is 12.5. The summed E-state index contributed by atoms with van der Waals surface area (Å²) in [6.45, 7) is 8.14. The quantitative estimate of drug-likeness (QED) is 0.700. The monoisotopic (exact) mass is 404 g/mol.